The highest BCUT2D eigenvalue weighted by Crippen LogP contribution is 2.47. The van der Waals surface area contributed by atoms with Gasteiger partial charge < -0.3 is 24.2 Å². The molecule has 6 rings (SSSR count). The second-order valence-corrected chi connectivity index (χ2v) is 10.4. The van der Waals surface area contributed by atoms with Gasteiger partial charge in [0.15, 0.2) is 0 Å². The number of amidine groups is 1. The van der Waals surface area contributed by atoms with Gasteiger partial charge in [-0.25, -0.2) is 4.79 Å². The SMILES string of the molecule is CCN1C(=O)N2Cc3cc(OC)cc(OC)c3CC=C2C12CCN(C(=O)C1=CN3C=CCCC3=NC1)CC2. The molecule has 0 bridgehead atoms. The van der Waals surface area contributed by atoms with E-state index < -0.39 is 5.54 Å². The van der Waals surface area contributed by atoms with Gasteiger partial charge in [-0.15, -0.1) is 0 Å². The lowest BCUT2D eigenvalue weighted by Crippen LogP contribution is -2.55. The number of amides is 3. The molecule has 38 heavy (non-hydrogen) atoms. The van der Waals surface area contributed by atoms with Gasteiger partial charge in [-0.05, 0) is 44.2 Å². The average Bonchev–Trinajstić information content (AvgIpc) is 3.07. The predicted molar refractivity (Wildman–Crippen MR) is 144 cm³/mol. The van der Waals surface area contributed by atoms with E-state index in [1.807, 2.05) is 51.1 Å². The quantitative estimate of drug-likeness (QED) is 0.609. The number of hydrogen-bond acceptors (Lipinski definition) is 6. The Morgan fingerprint density at radius 1 is 1.16 bits per heavy atom. The van der Waals surface area contributed by atoms with Gasteiger partial charge in [0.25, 0.3) is 5.91 Å². The Hall–Kier alpha value is -3.75. The number of carbonyl (C=O) groups is 2. The van der Waals surface area contributed by atoms with E-state index in [0.29, 0.717) is 52.0 Å². The summed E-state index contributed by atoms with van der Waals surface area (Å²) in [7, 11) is 3.31. The van der Waals surface area contributed by atoms with Gasteiger partial charge >= 0.3 is 6.03 Å². The molecule has 2 saturated heterocycles. The van der Waals surface area contributed by atoms with Crippen molar-refractivity contribution in [3.05, 3.63) is 59.1 Å². The monoisotopic (exact) mass is 517 g/mol. The largest absolute Gasteiger partial charge is 0.497 e. The van der Waals surface area contributed by atoms with Crippen LogP contribution in [0.1, 0.15) is 43.7 Å². The summed E-state index contributed by atoms with van der Waals surface area (Å²) in [4.78, 5) is 39.7. The minimum atomic E-state index is -0.413. The van der Waals surface area contributed by atoms with Gasteiger partial charge in [0, 0.05) is 55.8 Å². The number of ether oxygens (including phenoxy) is 2. The van der Waals surface area contributed by atoms with Crippen molar-refractivity contribution in [3.63, 3.8) is 0 Å². The summed E-state index contributed by atoms with van der Waals surface area (Å²) in [6.45, 7) is 4.77. The normalized spacial score (nSPS) is 21.8. The van der Waals surface area contributed by atoms with Crippen molar-refractivity contribution in [2.45, 2.75) is 51.1 Å². The number of carbonyl (C=O) groups excluding carboxylic acids is 2. The molecule has 0 radical (unpaired) electrons. The molecule has 1 aromatic carbocycles. The Bertz CT molecular complexity index is 1290. The van der Waals surface area contributed by atoms with Gasteiger partial charge in [-0.1, -0.05) is 12.2 Å². The van der Waals surface area contributed by atoms with E-state index in [2.05, 4.69) is 17.1 Å². The minimum absolute atomic E-state index is 0.0295. The van der Waals surface area contributed by atoms with Gasteiger partial charge in [0.1, 0.15) is 17.3 Å². The fourth-order valence-corrected chi connectivity index (χ4v) is 6.64. The van der Waals surface area contributed by atoms with E-state index in [0.717, 1.165) is 52.6 Å². The third kappa shape index (κ3) is 3.78. The van der Waals surface area contributed by atoms with Crippen molar-refractivity contribution in [2.75, 3.05) is 40.4 Å². The van der Waals surface area contributed by atoms with Crippen molar-refractivity contribution < 1.29 is 19.1 Å². The molecule has 5 aliphatic heterocycles. The predicted octanol–water partition coefficient (Wildman–Crippen LogP) is 3.67. The molecular formula is C29H35N5O4. The maximum Gasteiger partial charge on any atom is 0.325 e. The summed E-state index contributed by atoms with van der Waals surface area (Å²) in [6, 6.07) is 3.94. The third-order valence-corrected chi connectivity index (χ3v) is 8.60. The van der Waals surface area contributed by atoms with Crippen molar-refractivity contribution in [3.8, 4) is 11.5 Å². The van der Waals surface area contributed by atoms with E-state index >= 15 is 0 Å². The summed E-state index contributed by atoms with van der Waals surface area (Å²) >= 11 is 0. The first kappa shape index (κ1) is 24.6. The maximum atomic E-state index is 13.7. The molecule has 0 aromatic heterocycles. The van der Waals surface area contributed by atoms with Gasteiger partial charge in [-0.2, -0.15) is 0 Å². The summed E-state index contributed by atoms with van der Waals surface area (Å²) in [6.07, 6.45) is 12.3. The molecular weight excluding hydrogens is 482 g/mol. The highest BCUT2D eigenvalue weighted by Gasteiger charge is 2.54. The zero-order chi connectivity index (χ0) is 26.4. The third-order valence-electron chi connectivity index (χ3n) is 8.60. The fraction of sp³-hybridized carbons (Fsp3) is 0.483. The first-order valence-electron chi connectivity index (χ1n) is 13.5. The molecule has 0 saturated carbocycles. The van der Waals surface area contributed by atoms with E-state index in [4.69, 9.17) is 9.47 Å². The number of aliphatic imine (C=N–C) groups is 1. The zero-order valence-corrected chi connectivity index (χ0v) is 22.4. The Morgan fingerprint density at radius 2 is 1.97 bits per heavy atom. The number of benzene rings is 1. The van der Waals surface area contributed by atoms with E-state index in [1.165, 1.54) is 0 Å². The fourth-order valence-electron chi connectivity index (χ4n) is 6.64. The van der Waals surface area contributed by atoms with Crippen LogP contribution in [0.15, 0.2) is 52.9 Å². The molecule has 0 unspecified atom stereocenters. The molecule has 0 aliphatic carbocycles. The molecule has 9 heteroatoms. The number of methoxy groups -OCH3 is 2. The Morgan fingerprint density at radius 3 is 2.71 bits per heavy atom. The number of fused-ring (bicyclic) bond motifs is 4. The molecule has 2 fully saturated rings. The van der Waals surface area contributed by atoms with Crippen LogP contribution in [0.5, 0.6) is 11.5 Å². The van der Waals surface area contributed by atoms with Gasteiger partial charge in [0.2, 0.25) is 0 Å². The van der Waals surface area contributed by atoms with Crippen LogP contribution in [0.3, 0.4) is 0 Å². The van der Waals surface area contributed by atoms with E-state index in [9.17, 15) is 9.59 Å². The summed E-state index contributed by atoms with van der Waals surface area (Å²) in [5.74, 6) is 2.57. The van der Waals surface area contributed by atoms with Crippen LogP contribution in [0.25, 0.3) is 0 Å². The minimum Gasteiger partial charge on any atom is -0.497 e. The Balaban J connectivity index is 1.25. The van der Waals surface area contributed by atoms with Crippen LogP contribution in [0, 0.1) is 0 Å². The molecule has 9 nitrogen and oxygen atoms in total. The lowest BCUT2D eigenvalue weighted by molar-refractivity contribution is -0.129. The summed E-state index contributed by atoms with van der Waals surface area (Å²) < 4.78 is 11.2. The highest BCUT2D eigenvalue weighted by atomic mass is 16.5. The first-order chi connectivity index (χ1) is 18.5. The zero-order valence-electron chi connectivity index (χ0n) is 22.4. The Labute approximate surface area is 223 Å². The van der Waals surface area contributed by atoms with Crippen LogP contribution >= 0.6 is 0 Å². The second-order valence-electron chi connectivity index (χ2n) is 10.4. The lowest BCUT2D eigenvalue weighted by Gasteiger charge is -2.44. The molecule has 5 heterocycles. The maximum absolute atomic E-state index is 13.7. The van der Waals surface area contributed by atoms with Crippen LogP contribution in [-0.4, -0.2) is 83.3 Å². The van der Waals surface area contributed by atoms with Gasteiger partial charge in [-0.3, -0.25) is 14.7 Å². The standard InChI is InChI=1S/C29H35N5O4/c1-4-34-28(36)33-19-20-15-22(37-2)16-24(38-3)23(20)8-9-25(33)29(34)10-13-31(14-11-29)27(35)21-17-30-26-7-5-6-12-32(26)18-21/h6,9,12,15-16,18H,4-5,7-8,10-11,13-14,17,19H2,1-3H3. The molecule has 1 aromatic rings. The first-order valence-corrected chi connectivity index (χ1v) is 13.5. The molecule has 0 N–H and O–H groups in total. The summed E-state index contributed by atoms with van der Waals surface area (Å²) in [5, 5.41) is 0. The van der Waals surface area contributed by atoms with E-state index in [1.54, 1.807) is 14.2 Å². The number of allylic oxidation sites excluding steroid dienone is 2. The van der Waals surface area contributed by atoms with Crippen LogP contribution in [-0.2, 0) is 17.8 Å². The Kier molecular flexibility index (Phi) is 6.16. The smallest absolute Gasteiger partial charge is 0.325 e. The van der Waals surface area contributed by atoms with Crippen molar-refractivity contribution in [1.82, 2.24) is 19.6 Å². The molecule has 200 valence electrons. The second kappa shape index (κ2) is 9.53. The molecule has 0 atom stereocenters. The number of nitrogens with zero attached hydrogens (tertiary/aromatic N) is 5. The number of hydrogen-bond donors (Lipinski definition) is 0. The number of likely N-dealkylation sites (tertiary alicyclic amines) is 1. The summed E-state index contributed by atoms with van der Waals surface area (Å²) in [5.41, 5.74) is 3.49. The van der Waals surface area contributed by atoms with Gasteiger partial charge in [0.05, 0.1) is 38.4 Å². The number of rotatable bonds is 4. The van der Waals surface area contributed by atoms with Crippen molar-refractivity contribution in [2.24, 2.45) is 4.99 Å². The molecule has 3 amide bonds. The van der Waals surface area contributed by atoms with E-state index in [-0.39, 0.29) is 11.9 Å². The van der Waals surface area contributed by atoms with Crippen LogP contribution in [0.2, 0.25) is 0 Å². The molecule has 5 aliphatic rings. The average molecular weight is 518 g/mol. The van der Waals surface area contributed by atoms with Crippen LogP contribution in [0.4, 0.5) is 4.79 Å². The lowest BCUT2D eigenvalue weighted by atomic mass is 9.82. The number of piperidine rings is 1. The molecule has 1 spiro atoms. The topological polar surface area (TPSA) is 77.9 Å². The van der Waals surface area contributed by atoms with Crippen molar-refractivity contribution >= 4 is 17.8 Å². The number of urea groups is 1. The van der Waals surface area contributed by atoms with Crippen molar-refractivity contribution in [1.29, 1.82) is 0 Å². The number of likely N-dealkylation sites (N-methyl/N-ethyl adjacent to an activating group) is 1. The highest BCUT2D eigenvalue weighted by molar-refractivity contribution is 5.97. The van der Waals surface area contributed by atoms with Crippen LogP contribution < -0.4 is 9.47 Å².